The molecule has 0 aromatic heterocycles. The third-order valence-corrected chi connectivity index (χ3v) is 4.58. The largest absolute Gasteiger partial charge is 0.443 e. The van der Waals surface area contributed by atoms with Crippen molar-refractivity contribution in [2.45, 2.75) is 52.3 Å². The predicted octanol–water partition coefficient (Wildman–Crippen LogP) is 3.83. The van der Waals surface area contributed by atoms with Gasteiger partial charge in [0.05, 0.1) is 5.69 Å². The Morgan fingerprint density at radius 3 is 2.83 bits per heavy atom. The van der Waals surface area contributed by atoms with Crippen molar-refractivity contribution < 1.29 is 9.53 Å². The molecule has 0 aliphatic carbocycles. The molecule has 1 N–H and O–H groups in total. The normalized spacial score (nSPS) is 15.4. The zero-order valence-corrected chi connectivity index (χ0v) is 15.6. The number of para-hydroxylation sites is 1. The third-order valence-electron chi connectivity index (χ3n) is 3.75. The number of thioether (sulfide) groups is 1. The van der Waals surface area contributed by atoms with E-state index in [4.69, 9.17) is 4.74 Å². The number of benzene rings is 1. The topological polar surface area (TPSA) is 41.6 Å². The lowest BCUT2D eigenvalue weighted by atomic mass is 10.1. The standard InChI is InChI=1S/C18H28N2O2S/c1-13(12-23-5)19-11-15-8-6-7-14-9-10-20(16(14)15)17(21)22-18(2,3)4/h6-8,13,19H,9-12H2,1-5H3. The smallest absolute Gasteiger partial charge is 0.414 e. The summed E-state index contributed by atoms with van der Waals surface area (Å²) in [6, 6.07) is 6.72. The van der Waals surface area contributed by atoms with Crippen LogP contribution in [0.25, 0.3) is 0 Å². The summed E-state index contributed by atoms with van der Waals surface area (Å²) in [5.74, 6) is 1.07. The molecule has 0 fully saturated rings. The van der Waals surface area contributed by atoms with E-state index in [0.717, 1.165) is 24.4 Å². The fourth-order valence-electron chi connectivity index (χ4n) is 2.77. The van der Waals surface area contributed by atoms with E-state index in [1.807, 2.05) is 32.5 Å². The second-order valence-electron chi connectivity index (χ2n) is 7.04. The molecule has 1 heterocycles. The summed E-state index contributed by atoms with van der Waals surface area (Å²) in [6.45, 7) is 9.36. The number of ether oxygens (including phenoxy) is 1. The van der Waals surface area contributed by atoms with Gasteiger partial charge in [0.25, 0.3) is 0 Å². The Kier molecular flexibility index (Phi) is 5.98. The van der Waals surface area contributed by atoms with Gasteiger partial charge >= 0.3 is 6.09 Å². The fraction of sp³-hybridized carbons (Fsp3) is 0.611. The molecule has 0 saturated heterocycles. The van der Waals surface area contributed by atoms with Crippen LogP contribution in [0.1, 0.15) is 38.8 Å². The Hall–Kier alpha value is -1.20. The van der Waals surface area contributed by atoms with Gasteiger partial charge in [0.1, 0.15) is 5.60 Å². The molecule has 0 saturated carbocycles. The van der Waals surface area contributed by atoms with Gasteiger partial charge in [0.2, 0.25) is 0 Å². The average molecular weight is 337 g/mol. The minimum atomic E-state index is -0.472. The number of nitrogens with one attached hydrogen (secondary N) is 1. The quantitative estimate of drug-likeness (QED) is 0.887. The first-order valence-corrected chi connectivity index (χ1v) is 9.55. The molecule has 0 bridgehead atoms. The molecule has 1 atom stereocenters. The zero-order valence-electron chi connectivity index (χ0n) is 14.8. The molecule has 0 radical (unpaired) electrons. The van der Waals surface area contributed by atoms with Crippen LogP contribution in [0.2, 0.25) is 0 Å². The van der Waals surface area contributed by atoms with E-state index in [1.165, 1.54) is 11.1 Å². The van der Waals surface area contributed by atoms with Crippen molar-refractivity contribution >= 4 is 23.5 Å². The van der Waals surface area contributed by atoms with Crippen molar-refractivity contribution in [2.75, 3.05) is 23.5 Å². The molecule has 5 heteroatoms. The van der Waals surface area contributed by atoms with Crippen LogP contribution in [0.4, 0.5) is 10.5 Å². The van der Waals surface area contributed by atoms with E-state index in [0.29, 0.717) is 12.6 Å². The molecule has 4 nitrogen and oxygen atoms in total. The summed E-state index contributed by atoms with van der Waals surface area (Å²) >= 11 is 1.84. The Balaban J connectivity index is 2.15. The predicted molar refractivity (Wildman–Crippen MR) is 98.4 cm³/mol. The summed E-state index contributed by atoms with van der Waals surface area (Å²) in [5, 5.41) is 3.54. The average Bonchev–Trinajstić information content (AvgIpc) is 2.88. The van der Waals surface area contributed by atoms with Crippen LogP contribution in [0.5, 0.6) is 0 Å². The first-order valence-electron chi connectivity index (χ1n) is 8.15. The lowest BCUT2D eigenvalue weighted by molar-refractivity contribution is 0.0583. The maximum Gasteiger partial charge on any atom is 0.414 e. The molecule has 1 aliphatic rings. The Labute approximate surface area is 144 Å². The molecule has 1 aliphatic heterocycles. The highest BCUT2D eigenvalue weighted by molar-refractivity contribution is 7.98. The Morgan fingerprint density at radius 2 is 2.17 bits per heavy atom. The fourth-order valence-corrected chi connectivity index (χ4v) is 3.39. The minimum Gasteiger partial charge on any atom is -0.443 e. The van der Waals surface area contributed by atoms with Gasteiger partial charge in [0, 0.05) is 24.9 Å². The van der Waals surface area contributed by atoms with Crippen LogP contribution in [-0.2, 0) is 17.7 Å². The molecule has 1 aromatic carbocycles. The summed E-state index contributed by atoms with van der Waals surface area (Å²) in [4.78, 5) is 14.3. The van der Waals surface area contributed by atoms with Crippen LogP contribution >= 0.6 is 11.8 Å². The first kappa shape index (κ1) is 18.1. The van der Waals surface area contributed by atoms with Crippen molar-refractivity contribution in [1.29, 1.82) is 0 Å². The SMILES string of the molecule is CSCC(C)NCc1cccc2c1N(C(=O)OC(C)(C)C)CC2. The summed E-state index contributed by atoms with van der Waals surface area (Å²) in [6.07, 6.45) is 2.76. The molecule has 1 aromatic rings. The Morgan fingerprint density at radius 1 is 1.43 bits per heavy atom. The van der Waals surface area contributed by atoms with Crippen molar-refractivity contribution in [2.24, 2.45) is 0 Å². The third kappa shape index (κ3) is 4.88. The summed E-state index contributed by atoms with van der Waals surface area (Å²) < 4.78 is 5.56. The van der Waals surface area contributed by atoms with Gasteiger partial charge in [-0.2, -0.15) is 11.8 Å². The van der Waals surface area contributed by atoms with E-state index in [2.05, 4.69) is 36.7 Å². The van der Waals surface area contributed by atoms with Gasteiger partial charge in [-0.05, 0) is 51.5 Å². The number of rotatable bonds is 5. The molecule has 0 spiro atoms. The van der Waals surface area contributed by atoms with Crippen LogP contribution < -0.4 is 10.2 Å². The molecule has 23 heavy (non-hydrogen) atoms. The number of carbonyl (C=O) groups excluding carboxylic acids is 1. The monoisotopic (exact) mass is 336 g/mol. The summed E-state index contributed by atoms with van der Waals surface area (Å²) in [5.41, 5.74) is 2.96. The van der Waals surface area contributed by atoms with E-state index in [9.17, 15) is 4.79 Å². The van der Waals surface area contributed by atoms with Gasteiger partial charge < -0.3 is 10.1 Å². The van der Waals surface area contributed by atoms with Gasteiger partial charge in [-0.3, -0.25) is 4.90 Å². The highest BCUT2D eigenvalue weighted by atomic mass is 32.2. The highest BCUT2D eigenvalue weighted by Gasteiger charge is 2.30. The number of hydrogen-bond acceptors (Lipinski definition) is 4. The van der Waals surface area contributed by atoms with Crippen molar-refractivity contribution in [3.63, 3.8) is 0 Å². The first-order chi connectivity index (χ1) is 10.8. The van der Waals surface area contributed by atoms with Crippen LogP contribution in [0.15, 0.2) is 18.2 Å². The lowest BCUT2D eigenvalue weighted by Gasteiger charge is -2.26. The van der Waals surface area contributed by atoms with Crippen LogP contribution in [0, 0.1) is 0 Å². The lowest BCUT2D eigenvalue weighted by Crippen LogP contribution is -2.36. The maximum atomic E-state index is 12.5. The highest BCUT2D eigenvalue weighted by Crippen LogP contribution is 2.33. The molecule has 128 valence electrons. The Bertz CT molecular complexity index is 554. The molecule has 1 amide bonds. The molecule has 1 unspecified atom stereocenters. The zero-order chi connectivity index (χ0) is 17.0. The second-order valence-corrected chi connectivity index (χ2v) is 7.95. The number of anilines is 1. The van der Waals surface area contributed by atoms with Gasteiger partial charge in [-0.1, -0.05) is 18.2 Å². The van der Waals surface area contributed by atoms with Gasteiger partial charge in [-0.25, -0.2) is 4.79 Å². The van der Waals surface area contributed by atoms with E-state index >= 15 is 0 Å². The van der Waals surface area contributed by atoms with E-state index in [1.54, 1.807) is 4.90 Å². The van der Waals surface area contributed by atoms with Crippen molar-refractivity contribution in [1.82, 2.24) is 5.32 Å². The van der Waals surface area contributed by atoms with Crippen molar-refractivity contribution in [3.05, 3.63) is 29.3 Å². The number of carbonyl (C=O) groups is 1. The summed E-state index contributed by atoms with van der Waals surface area (Å²) in [7, 11) is 0. The van der Waals surface area contributed by atoms with Crippen molar-refractivity contribution in [3.8, 4) is 0 Å². The van der Waals surface area contributed by atoms with E-state index in [-0.39, 0.29) is 6.09 Å². The van der Waals surface area contributed by atoms with Gasteiger partial charge in [-0.15, -0.1) is 0 Å². The van der Waals surface area contributed by atoms with Gasteiger partial charge in [0.15, 0.2) is 0 Å². The molecular weight excluding hydrogens is 308 g/mol. The number of nitrogens with zero attached hydrogens (tertiary/aromatic N) is 1. The maximum absolute atomic E-state index is 12.5. The number of amides is 1. The number of hydrogen-bond donors (Lipinski definition) is 1. The number of fused-ring (bicyclic) bond motifs is 1. The second kappa shape index (κ2) is 7.58. The minimum absolute atomic E-state index is 0.249. The van der Waals surface area contributed by atoms with Crippen LogP contribution in [-0.4, -0.2) is 36.3 Å². The van der Waals surface area contributed by atoms with Crippen LogP contribution in [0.3, 0.4) is 0 Å². The molecule has 2 rings (SSSR count). The molecular formula is C18H28N2O2S. The van der Waals surface area contributed by atoms with E-state index < -0.39 is 5.60 Å².